The molecule has 66 valence electrons. The van der Waals surface area contributed by atoms with Crippen LogP contribution in [0.2, 0.25) is 0 Å². The van der Waals surface area contributed by atoms with Crippen LogP contribution in [-0.4, -0.2) is 12.6 Å². The minimum Gasteiger partial charge on any atom is -0.463 e. The zero-order valence-corrected chi connectivity index (χ0v) is 7.49. The summed E-state index contributed by atoms with van der Waals surface area (Å²) in [6.07, 6.45) is 10.5. The minimum absolute atomic E-state index is 0.303. The highest BCUT2D eigenvalue weighted by atomic mass is 16.5. The van der Waals surface area contributed by atoms with E-state index in [1.54, 1.807) is 19.1 Å². The third-order valence-corrected chi connectivity index (χ3v) is 1.04. The summed E-state index contributed by atoms with van der Waals surface area (Å²) in [6.45, 7) is 4.13. The standard InChI is InChI=1S/C10H14O2/c1-3-5-6-7-8-9-10(11)12-4-2/h3,5-9H,4H2,1-2H3. The molecule has 0 saturated heterocycles. The third kappa shape index (κ3) is 6.81. The molecule has 0 amide bonds. The molecule has 0 aromatic heterocycles. The predicted molar refractivity (Wildman–Crippen MR) is 49.7 cm³/mol. The van der Waals surface area contributed by atoms with Crippen LogP contribution in [0.1, 0.15) is 13.8 Å². The zero-order valence-electron chi connectivity index (χ0n) is 7.49. The Morgan fingerprint density at radius 2 is 1.92 bits per heavy atom. The van der Waals surface area contributed by atoms with Crippen molar-refractivity contribution < 1.29 is 9.53 Å². The van der Waals surface area contributed by atoms with Gasteiger partial charge in [0.2, 0.25) is 0 Å². The van der Waals surface area contributed by atoms with Crippen LogP contribution in [-0.2, 0) is 9.53 Å². The van der Waals surface area contributed by atoms with Crippen molar-refractivity contribution in [3.8, 4) is 0 Å². The second-order valence-electron chi connectivity index (χ2n) is 2.02. The van der Waals surface area contributed by atoms with E-state index in [2.05, 4.69) is 4.74 Å². The smallest absolute Gasteiger partial charge is 0.330 e. The highest BCUT2D eigenvalue weighted by Crippen LogP contribution is 1.83. The number of esters is 1. The van der Waals surface area contributed by atoms with E-state index in [-0.39, 0.29) is 5.97 Å². The lowest BCUT2D eigenvalue weighted by Crippen LogP contribution is -1.98. The molecule has 0 rings (SSSR count). The van der Waals surface area contributed by atoms with Crippen LogP contribution in [0.25, 0.3) is 0 Å². The van der Waals surface area contributed by atoms with Gasteiger partial charge in [-0.2, -0.15) is 0 Å². The van der Waals surface area contributed by atoms with Crippen molar-refractivity contribution in [1.82, 2.24) is 0 Å². The Labute approximate surface area is 73.2 Å². The summed E-state index contributed by atoms with van der Waals surface area (Å²) >= 11 is 0. The molecule has 0 aromatic carbocycles. The van der Waals surface area contributed by atoms with E-state index in [0.717, 1.165) is 0 Å². The Hall–Kier alpha value is -1.31. The molecule has 0 N–H and O–H groups in total. The summed E-state index contributed by atoms with van der Waals surface area (Å²) in [5.74, 6) is -0.303. The van der Waals surface area contributed by atoms with Crippen LogP contribution in [0.5, 0.6) is 0 Å². The Morgan fingerprint density at radius 3 is 2.50 bits per heavy atom. The summed E-state index contributed by atoms with van der Waals surface area (Å²) in [4.78, 5) is 10.7. The molecular formula is C10H14O2. The highest BCUT2D eigenvalue weighted by molar-refractivity contribution is 5.82. The average Bonchev–Trinajstić information content (AvgIpc) is 2.05. The quantitative estimate of drug-likeness (QED) is 0.363. The average molecular weight is 166 g/mol. The highest BCUT2D eigenvalue weighted by Gasteiger charge is 1.89. The van der Waals surface area contributed by atoms with Crippen LogP contribution in [0.4, 0.5) is 0 Å². The largest absolute Gasteiger partial charge is 0.463 e. The van der Waals surface area contributed by atoms with Crippen LogP contribution < -0.4 is 0 Å². The number of rotatable bonds is 4. The maximum absolute atomic E-state index is 10.7. The van der Waals surface area contributed by atoms with Gasteiger partial charge in [-0.15, -0.1) is 0 Å². The van der Waals surface area contributed by atoms with Crippen molar-refractivity contribution in [3.05, 3.63) is 36.5 Å². The van der Waals surface area contributed by atoms with Crippen molar-refractivity contribution in [1.29, 1.82) is 0 Å². The topological polar surface area (TPSA) is 26.3 Å². The van der Waals surface area contributed by atoms with Crippen molar-refractivity contribution in [3.63, 3.8) is 0 Å². The van der Waals surface area contributed by atoms with Gasteiger partial charge in [-0.3, -0.25) is 0 Å². The van der Waals surface area contributed by atoms with Crippen LogP contribution >= 0.6 is 0 Å². The molecule has 0 radical (unpaired) electrons. The predicted octanol–water partition coefficient (Wildman–Crippen LogP) is 2.24. The monoisotopic (exact) mass is 166 g/mol. The van der Waals surface area contributed by atoms with Gasteiger partial charge in [0, 0.05) is 6.08 Å². The fourth-order valence-electron chi connectivity index (χ4n) is 0.564. The lowest BCUT2D eigenvalue weighted by Gasteiger charge is -1.92. The number of allylic oxidation sites excluding steroid dienone is 5. The summed E-state index contributed by atoms with van der Waals surface area (Å²) in [7, 11) is 0. The van der Waals surface area contributed by atoms with Gasteiger partial charge in [0.25, 0.3) is 0 Å². The van der Waals surface area contributed by atoms with Gasteiger partial charge in [0.1, 0.15) is 0 Å². The first-order valence-electron chi connectivity index (χ1n) is 3.94. The summed E-state index contributed by atoms with van der Waals surface area (Å²) in [6, 6.07) is 0. The first kappa shape index (κ1) is 10.7. The van der Waals surface area contributed by atoms with Gasteiger partial charge in [-0.05, 0) is 13.8 Å². The number of carbonyl (C=O) groups is 1. The molecular weight excluding hydrogens is 152 g/mol. The van der Waals surface area contributed by atoms with Gasteiger partial charge in [-0.25, -0.2) is 4.79 Å². The number of hydrogen-bond donors (Lipinski definition) is 0. The Bertz CT molecular complexity index is 200. The molecule has 0 aromatic rings. The van der Waals surface area contributed by atoms with Gasteiger partial charge in [0.05, 0.1) is 6.61 Å². The maximum atomic E-state index is 10.7. The van der Waals surface area contributed by atoms with E-state index in [9.17, 15) is 4.79 Å². The Morgan fingerprint density at radius 1 is 1.25 bits per heavy atom. The van der Waals surface area contributed by atoms with E-state index in [1.807, 2.05) is 25.2 Å². The minimum atomic E-state index is -0.303. The Kier molecular flexibility index (Phi) is 6.94. The van der Waals surface area contributed by atoms with Crippen LogP contribution in [0.3, 0.4) is 0 Å². The third-order valence-electron chi connectivity index (χ3n) is 1.04. The first-order chi connectivity index (χ1) is 5.81. The van der Waals surface area contributed by atoms with Gasteiger partial charge in [-0.1, -0.05) is 30.4 Å². The van der Waals surface area contributed by atoms with E-state index in [1.165, 1.54) is 6.08 Å². The van der Waals surface area contributed by atoms with Gasteiger partial charge >= 0.3 is 5.97 Å². The number of ether oxygens (including phenoxy) is 1. The molecule has 12 heavy (non-hydrogen) atoms. The van der Waals surface area contributed by atoms with Crippen LogP contribution in [0, 0.1) is 0 Å². The molecule has 0 aliphatic carbocycles. The van der Waals surface area contributed by atoms with Crippen LogP contribution in [0.15, 0.2) is 36.5 Å². The van der Waals surface area contributed by atoms with Gasteiger partial charge < -0.3 is 4.74 Å². The molecule has 2 nitrogen and oxygen atoms in total. The van der Waals surface area contributed by atoms with E-state index in [0.29, 0.717) is 6.61 Å². The molecule has 0 unspecified atom stereocenters. The first-order valence-corrected chi connectivity index (χ1v) is 3.94. The van der Waals surface area contributed by atoms with Crippen molar-refractivity contribution in [2.45, 2.75) is 13.8 Å². The van der Waals surface area contributed by atoms with Crippen molar-refractivity contribution >= 4 is 5.97 Å². The molecule has 0 atom stereocenters. The van der Waals surface area contributed by atoms with E-state index < -0.39 is 0 Å². The lowest BCUT2D eigenvalue weighted by atomic mass is 10.4. The number of hydrogen-bond acceptors (Lipinski definition) is 2. The Balaban J connectivity index is 3.67. The number of carbonyl (C=O) groups excluding carboxylic acids is 1. The van der Waals surface area contributed by atoms with Crippen molar-refractivity contribution in [2.24, 2.45) is 0 Å². The molecule has 0 bridgehead atoms. The molecule has 2 heteroatoms. The second-order valence-corrected chi connectivity index (χ2v) is 2.02. The fourth-order valence-corrected chi connectivity index (χ4v) is 0.564. The SMILES string of the molecule is CC=CC=CC=CC(=O)OCC. The lowest BCUT2D eigenvalue weighted by molar-refractivity contribution is -0.137. The fraction of sp³-hybridized carbons (Fsp3) is 0.300. The molecule has 0 fully saturated rings. The normalized spacial score (nSPS) is 11.8. The summed E-state index contributed by atoms with van der Waals surface area (Å²) in [5.41, 5.74) is 0. The maximum Gasteiger partial charge on any atom is 0.330 e. The summed E-state index contributed by atoms with van der Waals surface area (Å²) in [5, 5.41) is 0. The van der Waals surface area contributed by atoms with E-state index >= 15 is 0 Å². The molecule has 0 saturated carbocycles. The zero-order chi connectivity index (χ0) is 9.23. The molecule has 0 heterocycles. The van der Waals surface area contributed by atoms with Gasteiger partial charge in [0.15, 0.2) is 0 Å². The second kappa shape index (κ2) is 7.79. The molecule has 0 spiro atoms. The molecule has 0 aliphatic rings. The summed E-state index contributed by atoms with van der Waals surface area (Å²) < 4.78 is 4.67. The molecule has 0 aliphatic heterocycles. The van der Waals surface area contributed by atoms with E-state index in [4.69, 9.17) is 0 Å². The van der Waals surface area contributed by atoms with Crippen molar-refractivity contribution in [2.75, 3.05) is 6.61 Å².